The van der Waals surface area contributed by atoms with Gasteiger partial charge in [-0.3, -0.25) is 0 Å². The van der Waals surface area contributed by atoms with Gasteiger partial charge < -0.3 is 15.1 Å². The van der Waals surface area contributed by atoms with Gasteiger partial charge >= 0.3 is 0 Å². The maximum absolute atomic E-state index is 3.56. The van der Waals surface area contributed by atoms with Crippen molar-refractivity contribution >= 4 is 5.69 Å². The predicted octanol–water partition coefficient (Wildman–Crippen LogP) is 3.11. The molecule has 3 nitrogen and oxygen atoms in total. The molecule has 3 heteroatoms. The van der Waals surface area contributed by atoms with E-state index in [4.69, 9.17) is 0 Å². The van der Waals surface area contributed by atoms with Crippen molar-refractivity contribution in [3.05, 3.63) is 29.8 Å². The number of rotatable bonds is 5. The molecule has 0 saturated carbocycles. The molecule has 21 heavy (non-hydrogen) atoms. The molecule has 118 valence electrons. The van der Waals surface area contributed by atoms with Crippen LogP contribution in [0.2, 0.25) is 0 Å². The van der Waals surface area contributed by atoms with Crippen LogP contribution < -0.4 is 10.2 Å². The first-order chi connectivity index (χ1) is 10.1. The number of nitrogens with zero attached hydrogens (tertiary/aromatic N) is 2. The van der Waals surface area contributed by atoms with Gasteiger partial charge in [0.15, 0.2) is 0 Å². The minimum Gasteiger partial charge on any atom is -0.367 e. The molecule has 1 aromatic rings. The van der Waals surface area contributed by atoms with Crippen LogP contribution in [0.25, 0.3) is 0 Å². The van der Waals surface area contributed by atoms with Gasteiger partial charge in [-0.15, -0.1) is 0 Å². The van der Waals surface area contributed by atoms with Crippen LogP contribution in [-0.4, -0.2) is 43.7 Å². The van der Waals surface area contributed by atoms with E-state index in [9.17, 15) is 0 Å². The molecule has 1 saturated heterocycles. The molecule has 1 fully saturated rings. The lowest BCUT2D eigenvalue weighted by atomic mass is 10.1. The highest BCUT2D eigenvalue weighted by atomic mass is 15.2. The SMILES string of the molecule is CCC1CN(C)CCCN1c1ccccc1CNC(C)C. The summed E-state index contributed by atoms with van der Waals surface area (Å²) in [4.78, 5) is 5.12. The average molecular weight is 289 g/mol. The van der Waals surface area contributed by atoms with Crippen molar-refractivity contribution < 1.29 is 0 Å². The molecule has 1 unspecified atom stereocenters. The third-order valence-electron chi connectivity index (χ3n) is 4.38. The summed E-state index contributed by atoms with van der Waals surface area (Å²) >= 11 is 0. The van der Waals surface area contributed by atoms with Gasteiger partial charge in [0, 0.05) is 37.4 Å². The van der Waals surface area contributed by atoms with E-state index >= 15 is 0 Å². The molecule has 1 aliphatic rings. The fraction of sp³-hybridized carbons (Fsp3) is 0.667. The Hall–Kier alpha value is -1.06. The largest absolute Gasteiger partial charge is 0.367 e. The maximum Gasteiger partial charge on any atom is 0.0414 e. The lowest BCUT2D eigenvalue weighted by Crippen LogP contribution is -2.40. The van der Waals surface area contributed by atoms with Crippen molar-refractivity contribution in [2.24, 2.45) is 0 Å². The van der Waals surface area contributed by atoms with Gasteiger partial charge in [0.05, 0.1) is 0 Å². The summed E-state index contributed by atoms with van der Waals surface area (Å²) in [7, 11) is 2.25. The van der Waals surface area contributed by atoms with Gasteiger partial charge in [-0.2, -0.15) is 0 Å². The smallest absolute Gasteiger partial charge is 0.0414 e. The van der Waals surface area contributed by atoms with E-state index in [2.05, 4.69) is 67.2 Å². The monoisotopic (exact) mass is 289 g/mol. The summed E-state index contributed by atoms with van der Waals surface area (Å²) in [5.74, 6) is 0. The molecule has 0 spiro atoms. The average Bonchev–Trinajstić information content (AvgIpc) is 2.66. The molecule has 1 N–H and O–H groups in total. The minimum absolute atomic E-state index is 0.523. The van der Waals surface area contributed by atoms with E-state index < -0.39 is 0 Å². The second-order valence-electron chi connectivity index (χ2n) is 6.54. The summed E-state index contributed by atoms with van der Waals surface area (Å²) < 4.78 is 0. The molecular weight excluding hydrogens is 258 g/mol. The Morgan fingerprint density at radius 1 is 1.24 bits per heavy atom. The van der Waals surface area contributed by atoms with E-state index in [-0.39, 0.29) is 0 Å². The Kier molecular flexibility index (Phi) is 6.07. The van der Waals surface area contributed by atoms with Gasteiger partial charge in [0.2, 0.25) is 0 Å². The molecule has 0 bridgehead atoms. The third-order valence-corrected chi connectivity index (χ3v) is 4.38. The molecule has 0 radical (unpaired) electrons. The molecule has 0 amide bonds. The second kappa shape index (κ2) is 7.81. The number of hydrogen-bond acceptors (Lipinski definition) is 3. The number of nitrogens with one attached hydrogen (secondary N) is 1. The zero-order valence-corrected chi connectivity index (χ0v) is 14.1. The van der Waals surface area contributed by atoms with Crippen LogP contribution in [0.5, 0.6) is 0 Å². The molecule has 1 aromatic carbocycles. The van der Waals surface area contributed by atoms with Crippen LogP contribution in [0.15, 0.2) is 24.3 Å². The van der Waals surface area contributed by atoms with E-state index in [0.717, 1.165) is 6.54 Å². The maximum atomic E-state index is 3.56. The van der Waals surface area contributed by atoms with E-state index in [1.807, 2.05) is 0 Å². The highest BCUT2D eigenvalue weighted by molar-refractivity contribution is 5.54. The molecular formula is C18H31N3. The number of benzene rings is 1. The van der Waals surface area contributed by atoms with E-state index in [0.29, 0.717) is 12.1 Å². The molecule has 1 aliphatic heterocycles. The number of likely N-dealkylation sites (N-methyl/N-ethyl adjacent to an activating group) is 1. The summed E-state index contributed by atoms with van der Waals surface area (Å²) in [6.07, 6.45) is 2.45. The van der Waals surface area contributed by atoms with Crippen LogP contribution in [0.4, 0.5) is 5.69 Å². The van der Waals surface area contributed by atoms with E-state index in [1.54, 1.807) is 0 Å². The van der Waals surface area contributed by atoms with Crippen molar-refractivity contribution in [3.8, 4) is 0 Å². The highest BCUT2D eigenvalue weighted by Gasteiger charge is 2.23. The lowest BCUT2D eigenvalue weighted by molar-refractivity contribution is 0.328. The number of anilines is 1. The van der Waals surface area contributed by atoms with Gasteiger partial charge in [-0.05, 0) is 38.1 Å². The van der Waals surface area contributed by atoms with Crippen molar-refractivity contribution in [2.45, 2.75) is 52.2 Å². The normalized spacial score (nSPS) is 20.8. The Bertz CT molecular complexity index is 430. The lowest BCUT2D eigenvalue weighted by Gasteiger charge is -2.34. The topological polar surface area (TPSA) is 18.5 Å². The Morgan fingerprint density at radius 3 is 2.71 bits per heavy atom. The standard InChI is InChI=1S/C18H31N3/c1-5-17-14-20(4)11-8-12-21(17)18-10-7-6-9-16(18)13-19-15(2)3/h6-7,9-10,15,17,19H,5,8,11-14H2,1-4H3. The van der Waals surface area contributed by atoms with Crippen molar-refractivity contribution in [2.75, 3.05) is 31.6 Å². The Morgan fingerprint density at radius 2 is 2.00 bits per heavy atom. The molecule has 1 atom stereocenters. The first-order valence-corrected chi connectivity index (χ1v) is 8.38. The third kappa shape index (κ3) is 4.45. The predicted molar refractivity (Wildman–Crippen MR) is 92.0 cm³/mol. The first-order valence-electron chi connectivity index (χ1n) is 8.38. The number of para-hydroxylation sites is 1. The van der Waals surface area contributed by atoms with Gasteiger partial charge in [-0.1, -0.05) is 39.0 Å². The van der Waals surface area contributed by atoms with Crippen LogP contribution >= 0.6 is 0 Å². The van der Waals surface area contributed by atoms with Crippen LogP contribution in [0, 0.1) is 0 Å². The van der Waals surface area contributed by atoms with Gasteiger partial charge in [0.1, 0.15) is 0 Å². The van der Waals surface area contributed by atoms with Gasteiger partial charge in [0.25, 0.3) is 0 Å². The number of hydrogen-bond donors (Lipinski definition) is 1. The second-order valence-corrected chi connectivity index (χ2v) is 6.54. The fourth-order valence-corrected chi connectivity index (χ4v) is 3.16. The minimum atomic E-state index is 0.523. The molecule has 0 aromatic heterocycles. The van der Waals surface area contributed by atoms with Crippen molar-refractivity contribution in [1.29, 1.82) is 0 Å². The zero-order chi connectivity index (χ0) is 15.2. The highest BCUT2D eigenvalue weighted by Crippen LogP contribution is 2.26. The van der Waals surface area contributed by atoms with Crippen molar-refractivity contribution in [1.82, 2.24) is 10.2 Å². The van der Waals surface area contributed by atoms with Crippen LogP contribution in [-0.2, 0) is 6.54 Å². The fourth-order valence-electron chi connectivity index (χ4n) is 3.16. The summed E-state index contributed by atoms with van der Waals surface area (Å²) in [6, 6.07) is 10.0. The molecule has 1 heterocycles. The molecule has 0 aliphatic carbocycles. The van der Waals surface area contributed by atoms with Crippen LogP contribution in [0.3, 0.4) is 0 Å². The summed E-state index contributed by atoms with van der Waals surface area (Å²) in [5.41, 5.74) is 2.85. The summed E-state index contributed by atoms with van der Waals surface area (Å²) in [5, 5.41) is 3.56. The van der Waals surface area contributed by atoms with E-state index in [1.165, 1.54) is 43.7 Å². The molecule has 2 rings (SSSR count). The van der Waals surface area contributed by atoms with Crippen molar-refractivity contribution in [3.63, 3.8) is 0 Å². The van der Waals surface area contributed by atoms with Crippen LogP contribution in [0.1, 0.15) is 39.2 Å². The quantitative estimate of drug-likeness (QED) is 0.898. The Balaban J connectivity index is 2.21. The Labute approximate surface area is 130 Å². The first kappa shape index (κ1) is 16.3. The van der Waals surface area contributed by atoms with Gasteiger partial charge in [-0.25, -0.2) is 0 Å². The summed E-state index contributed by atoms with van der Waals surface area (Å²) in [6.45, 7) is 11.2. The zero-order valence-electron chi connectivity index (χ0n) is 14.1.